The van der Waals surface area contributed by atoms with Crippen LogP contribution in [0, 0.1) is 0 Å². The highest BCUT2D eigenvalue weighted by Gasteiger charge is 2.17. The zero-order chi connectivity index (χ0) is 18.7. The van der Waals surface area contributed by atoms with Gasteiger partial charge in [0.15, 0.2) is 0 Å². The number of aromatic nitrogens is 1. The molecule has 1 fully saturated rings. The Morgan fingerprint density at radius 1 is 1.00 bits per heavy atom. The molecule has 6 nitrogen and oxygen atoms in total. The van der Waals surface area contributed by atoms with Crippen LogP contribution in [-0.4, -0.2) is 51.5 Å². The predicted molar refractivity (Wildman–Crippen MR) is 105 cm³/mol. The van der Waals surface area contributed by atoms with Crippen molar-refractivity contribution in [3.05, 3.63) is 48.2 Å². The van der Waals surface area contributed by atoms with Crippen molar-refractivity contribution in [1.29, 1.82) is 0 Å². The number of rotatable bonds is 5. The topological polar surface area (TPSA) is 65.5 Å². The number of hydrogen-bond donors (Lipinski definition) is 1. The normalized spacial score (nSPS) is 16.1. The molecular weight excluding hydrogens is 348 g/mol. The summed E-state index contributed by atoms with van der Waals surface area (Å²) in [6.45, 7) is 8.02. The molecule has 0 atom stereocenters. The highest BCUT2D eigenvalue weighted by Crippen LogP contribution is 2.21. The van der Waals surface area contributed by atoms with E-state index in [0.29, 0.717) is 11.6 Å². The minimum absolute atomic E-state index is 0.255. The second-order valence-corrected chi connectivity index (χ2v) is 8.71. The average Bonchev–Trinajstić information content (AvgIpc) is 2.63. The van der Waals surface area contributed by atoms with Crippen molar-refractivity contribution in [2.75, 3.05) is 42.8 Å². The van der Waals surface area contributed by atoms with Gasteiger partial charge in [-0.25, -0.2) is 13.4 Å². The summed E-state index contributed by atoms with van der Waals surface area (Å²) < 4.78 is 27.7. The maximum absolute atomic E-state index is 12.6. The molecule has 140 valence electrons. The van der Waals surface area contributed by atoms with E-state index in [1.807, 2.05) is 18.2 Å². The van der Waals surface area contributed by atoms with E-state index in [0.717, 1.165) is 37.6 Å². The smallest absolute Gasteiger partial charge is 0.261 e. The Morgan fingerprint density at radius 3 is 2.19 bits per heavy atom. The Hall–Kier alpha value is -2.12. The van der Waals surface area contributed by atoms with Crippen LogP contribution < -0.4 is 9.62 Å². The number of likely N-dealkylation sites (N-methyl/N-ethyl adjacent to an activating group) is 1. The lowest BCUT2D eigenvalue weighted by Crippen LogP contribution is -2.44. The van der Waals surface area contributed by atoms with Gasteiger partial charge in [0.1, 0.15) is 5.82 Å². The van der Waals surface area contributed by atoms with E-state index in [-0.39, 0.29) is 4.90 Å². The fourth-order valence-electron chi connectivity index (χ4n) is 2.91. The number of nitrogens with one attached hydrogen (secondary N) is 1. The second kappa shape index (κ2) is 7.63. The molecule has 0 spiro atoms. The third-order valence-corrected chi connectivity index (χ3v) is 6.08. The highest BCUT2D eigenvalue weighted by atomic mass is 32.2. The lowest BCUT2D eigenvalue weighted by Gasteiger charge is -2.33. The van der Waals surface area contributed by atoms with Crippen molar-refractivity contribution in [2.24, 2.45) is 0 Å². The minimum Gasteiger partial charge on any atom is -0.354 e. The quantitative estimate of drug-likeness (QED) is 0.872. The van der Waals surface area contributed by atoms with Gasteiger partial charge in [0.2, 0.25) is 0 Å². The van der Waals surface area contributed by atoms with Gasteiger partial charge in [0.25, 0.3) is 10.0 Å². The average molecular weight is 375 g/mol. The van der Waals surface area contributed by atoms with Crippen LogP contribution >= 0.6 is 0 Å². The fourth-order valence-corrected chi connectivity index (χ4v) is 3.96. The molecule has 26 heavy (non-hydrogen) atoms. The van der Waals surface area contributed by atoms with E-state index >= 15 is 0 Å². The summed E-state index contributed by atoms with van der Waals surface area (Å²) in [5.41, 5.74) is 1.58. The van der Waals surface area contributed by atoms with Crippen molar-refractivity contribution >= 4 is 21.5 Å². The second-order valence-electron chi connectivity index (χ2n) is 7.02. The summed E-state index contributed by atoms with van der Waals surface area (Å²) in [7, 11) is -1.50. The molecule has 2 aromatic rings. The first-order valence-electron chi connectivity index (χ1n) is 8.87. The number of benzene rings is 1. The van der Waals surface area contributed by atoms with Crippen LogP contribution in [-0.2, 0) is 10.0 Å². The molecule has 7 heteroatoms. The first-order valence-corrected chi connectivity index (χ1v) is 10.4. The lowest BCUT2D eigenvalue weighted by molar-refractivity contribution is 0.312. The minimum atomic E-state index is -3.61. The van der Waals surface area contributed by atoms with Gasteiger partial charge in [-0.2, -0.15) is 0 Å². The monoisotopic (exact) mass is 374 g/mol. The number of nitrogens with zero attached hydrogens (tertiary/aromatic N) is 3. The molecule has 3 rings (SSSR count). The summed E-state index contributed by atoms with van der Waals surface area (Å²) in [6, 6.07) is 10.6. The largest absolute Gasteiger partial charge is 0.354 e. The standard InChI is InChI=1S/C19H26N4O2S/c1-15(2)16-4-7-18(8-5-16)26(24,25)21-17-6-9-19(20-14-17)23-12-10-22(3)11-13-23/h4-9,14-15,21H,10-13H2,1-3H3. The van der Waals surface area contributed by atoms with Gasteiger partial charge >= 0.3 is 0 Å². The molecule has 0 saturated carbocycles. The van der Waals surface area contributed by atoms with E-state index in [2.05, 4.69) is 40.4 Å². The fraction of sp³-hybridized carbons (Fsp3) is 0.421. The van der Waals surface area contributed by atoms with Crippen LogP contribution in [0.25, 0.3) is 0 Å². The van der Waals surface area contributed by atoms with Crippen LogP contribution in [0.2, 0.25) is 0 Å². The third-order valence-electron chi connectivity index (χ3n) is 4.68. The van der Waals surface area contributed by atoms with Crippen molar-refractivity contribution in [3.8, 4) is 0 Å². The van der Waals surface area contributed by atoms with E-state index in [1.54, 1.807) is 24.4 Å². The van der Waals surface area contributed by atoms with Crippen molar-refractivity contribution in [3.63, 3.8) is 0 Å². The molecule has 0 aliphatic carbocycles. The van der Waals surface area contributed by atoms with Gasteiger partial charge < -0.3 is 9.80 Å². The Morgan fingerprint density at radius 2 is 1.65 bits per heavy atom. The van der Waals surface area contributed by atoms with Gasteiger partial charge in [0, 0.05) is 26.2 Å². The van der Waals surface area contributed by atoms with Crippen LogP contribution in [0.1, 0.15) is 25.3 Å². The van der Waals surface area contributed by atoms with Crippen molar-refractivity contribution < 1.29 is 8.42 Å². The molecule has 0 radical (unpaired) electrons. The zero-order valence-corrected chi connectivity index (χ0v) is 16.3. The number of pyridine rings is 1. The number of piperazine rings is 1. The summed E-state index contributed by atoms with van der Waals surface area (Å²) in [5.74, 6) is 1.24. The Kier molecular flexibility index (Phi) is 5.48. The van der Waals surface area contributed by atoms with E-state index < -0.39 is 10.0 Å². The summed E-state index contributed by atoms with van der Waals surface area (Å²) in [5, 5.41) is 0. The van der Waals surface area contributed by atoms with Crippen LogP contribution in [0.4, 0.5) is 11.5 Å². The van der Waals surface area contributed by atoms with Gasteiger partial charge in [0.05, 0.1) is 16.8 Å². The molecular formula is C19H26N4O2S. The molecule has 0 unspecified atom stereocenters. The maximum Gasteiger partial charge on any atom is 0.261 e. The number of anilines is 2. The van der Waals surface area contributed by atoms with Gasteiger partial charge in [-0.1, -0.05) is 26.0 Å². The lowest BCUT2D eigenvalue weighted by atomic mass is 10.0. The van der Waals surface area contributed by atoms with Crippen LogP contribution in [0.3, 0.4) is 0 Å². The molecule has 0 bridgehead atoms. The van der Waals surface area contributed by atoms with Gasteiger partial charge in [-0.3, -0.25) is 4.72 Å². The van der Waals surface area contributed by atoms with Crippen molar-refractivity contribution in [2.45, 2.75) is 24.7 Å². The SMILES string of the molecule is CC(C)c1ccc(S(=O)(=O)Nc2ccc(N3CCN(C)CC3)nc2)cc1. The molecule has 1 aliphatic heterocycles. The Bertz CT molecular complexity index is 825. The first kappa shape index (κ1) is 18.7. The molecule has 1 aromatic carbocycles. The van der Waals surface area contributed by atoms with E-state index in [1.165, 1.54) is 0 Å². The molecule has 2 heterocycles. The predicted octanol–water partition coefficient (Wildman–Crippen LogP) is 2.76. The van der Waals surface area contributed by atoms with Gasteiger partial charge in [-0.15, -0.1) is 0 Å². The molecule has 1 N–H and O–H groups in total. The van der Waals surface area contributed by atoms with Gasteiger partial charge in [-0.05, 0) is 42.8 Å². The summed E-state index contributed by atoms with van der Waals surface area (Å²) >= 11 is 0. The Balaban J connectivity index is 1.69. The number of hydrogen-bond acceptors (Lipinski definition) is 5. The van der Waals surface area contributed by atoms with Crippen molar-refractivity contribution in [1.82, 2.24) is 9.88 Å². The van der Waals surface area contributed by atoms with Crippen LogP contribution in [0.5, 0.6) is 0 Å². The summed E-state index contributed by atoms with van der Waals surface area (Å²) in [4.78, 5) is 9.17. The summed E-state index contributed by atoms with van der Waals surface area (Å²) in [6.07, 6.45) is 1.58. The van der Waals surface area contributed by atoms with E-state index in [4.69, 9.17) is 0 Å². The van der Waals surface area contributed by atoms with Crippen LogP contribution in [0.15, 0.2) is 47.5 Å². The van der Waals surface area contributed by atoms with E-state index in [9.17, 15) is 8.42 Å². The molecule has 0 amide bonds. The number of sulfonamides is 1. The highest BCUT2D eigenvalue weighted by molar-refractivity contribution is 7.92. The molecule has 1 saturated heterocycles. The maximum atomic E-state index is 12.6. The third kappa shape index (κ3) is 4.34. The molecule has 1 aromatic heterocycles. The first-order chi connectivity index (χ1) is 12.3. The Labute approximate surface area is 155 Å². The molecule has 1 aliphatic rings. The zero-order valence-electron chi connectivity index (χ0n) is 15.5.